The van der Waals surface area contributed by atoms with Gasteiger partial charge < -0.3 is 14.6 Å². The summed E-state index contributed by atoms with van der Waals surface area (Å²) in [5, 5.41) is 9.92. The Morgan fingerprint density at radius 1 is 1.47 bits per heavy atom. The van der Waals surface area contributed by atoms with Crippen LogP contribution >= 0.6 is 0 Å². The predicted molar refractivity (Wildman–Crippen MR) is 62.3 cm³/mol. The molecule has 0 radical (unpaired) electrons. The molecule has 0 unspecified atom stereocenters. The lowest BCUT2D eigenvalue weighted by atomic mass is 9.99. The van der Waals surface area contributed by atoms with Gasteiger partial charge in [0.1, 0.15) is 5.75 Å². The van der Waals surface area contributed by atoms with E-state index in [9.17, 15) is 9.90 Å². The molecule has 92 valence electrons. The maximum absolute atomic E-state index is 11.6. The van der Waals surface area contributed by atoms with Crippen molar-refractivity contribution < 1.29 is 19.4 Å². The zero-order chi connectivity index (χ0) is 12.4. The molecule has 0 aliphatic carbocycles. The third-order valence-corrected chi connectivity index (χ3v) is 2.91. The van der Waals surface area contributed by atoms with E-state index in [2.05, 4.69) is 0 Å². The van der Waals surface area contributed by atoms with Crippen LogP contribution in [0.1, 0.15) is 18.1 Å². The summed E-state index contributed by atoms with van der Waals surface area (Å²) in [7, 11) is 2.91. The number of benzene rings is 1. The number of hydrogen-bond donors (Lipinski definition) is 1. The number of methoxy groups -OCH3 is 2. The highest BCUT2D eigenvalue weighted by atomic mass is 16.5. The lowest BCUT2D eigenvalue weighted by molar-refractivity contribution is 0.154. The second-order valence-corrected chi connectivity index (χ2v) is 3.85. The number of aliphatic hydroxyl groups is 1. The number of anilines is 1. The van der Waals surface area contributed by atoms with Crippen LogP contribution in [-0.4, -0.2) is 32.0 Å². The molecule has 1 atom stereocenters. The van der Waals surface area contributed by atoms with Gasteiger partial charge in [-0.2, -0.15) is 0 Å². The van der Waals surface area contributed by atoms with Gasteiger partial charge in [0, 0.05) is 12.1 Å². The van der Waals surface area contributed by atoms with Gasteiger partial charge in [0.25, 0.3) is 0 Å². The lowest BCUT2D eigenvalue weighted by Crippen LogP contribution is -2.36. The van der Waals surface area contributed by atoms with Crippen LogP contribution in [0.5, 0.6) is 5.75 Å². The van der Waals surface area contributed by atoms with Crippen LogP contribution in [0.15, 0.2) is 18.2 Å². The van der Waals surface area contributed by atoms with Crippen LogP contribution in [-0.2, 0) is 4.74 Å². The fraction of sp³-hybridized carbons (Fsp3) is 0.417. The monoisotopic (exact) mass is 237 g/mol. The molecule has 1 amide bonds. The van der Waals surface area contributed by atoms with Crippen LogP contribution in [0.25, 0.3) is 0 Å². The predicted octanol–water partition coefficient (Wildman–Crippen LogP) is 1.71. The number of carbonyl (C=O) groups excluding carboxylic acids is 1. The van der Waals surface area contributed by atoms with Crippen molar-refractivity contribution in [3.63, 3.8) is 0 Å². The second-order valence-electron chi connectivity index (χ2n) is 3.85. The van der Waals surface area contributed by atoms with Crippen LogP contribution in [0.4, 0.5) is 10.5 Å². The molecule has 1 aromatic rings. The van der Waals surface area contributed by atoms with Crippen LogP contribution in [0.2, 0.25) is 0 Å². The highest BCUT2D eigenvalue weighted by Crippen LogP contribution is 2.36. The van der Waals surface area contributed by atoms with Gasteiger partial charge in [-0.25, -0.2) is 4.79 Å². The van der Waals surface area contributed by atoms with Crippen molar-refractivity contribution in [1.29, 1.82) is 0 Å². The Morgan fingerprint density at radius 2 is 2.24 bits per heavy atom. The SMILES string of the molecule is COC(=O)N1CC[C@@H](O)c2cc(OC)ccc21. The van der Waals surface area contributed by atoms with Crippen molar-refractivity contribution in [2.24, 2.45) is 0 Å². The van der Waals surface area contributed by atoms with E-state index < -0.39 is 12.2 Å². The highest BCUT2D eigenvalue weighted by molar-refractivity contribution is 5.89. The molecule has 0 saturated carbocycles. The van der Waals surface area contributed by atoms with Crippen LogP contribution in [0.3, 0.4) is 0 Å². The van der Waals surface area contributed by atoms with Gasteiger partial charge in [0.15, 0.2) is 0 Å². The summed E-state index contributed by atoms with van der Waals surface area (Å²) < 4.78 is 9.82. The molecular weight excluding hydrogens is 222 g/mol. The molecule has 1 N–H and O–H groups in total. The Labute approximate surface area is 99.6 Å². The first-order chi connectivity index (χ1) is 8.17. The minimum atomic E-state index is -0.569. The number of carbonyl (C=O) groups is 1. The van der Waals surface area contributed by atoms with Gasteiger partial charge in [-0.1, -0.05) is 0 Å². The average molecular weight is 237 g/mol. The summed E-state index contributed by atoms with van der Waals surface area (Å²) in [6.45, 7) is 0.452. The first-order valence-corrected chi connectivity index (χ1v) is 5.39. The standard InChI is InChI=1S/C12H15NO4/c1-16-8-3-4-10-9(7-8)11(14)5-6-13(10)12(15)17-2/h3-4,7,11,14H,5-6H2,1-2H3/t11-/m1/s1. The molecule has 2 rings (SSSR count). The van der Waals surface area contributed by atoms with E-state index in [1.807, 2.05) is 0 Å². The molecule has 17 heavy (non-hydrogen) atoms. The molecule has 0 fully saturated rings. The molecular formula is C12H15NO4. The summed E-state index contributed by atoms with van der Waals surface area (Å²) in [5.41, 5.74) is 1.37. The first-order valence-electron chi connectivity index (χ1n) is 5.39. The molecule has 0 aromatic heterocycles. The molecule has 0 saturated heterocycles. The second kappa shape index (κ2) is 4.63. The molecule has 1 aliphatic heterocycles. The molecule has 0 spiro atoms. The van der Waals surface area contributed by atoms with Crippen molar-refractivity contribution in [2.45, 2.75) is 12.5 Å². The van der Waals surface area contributed by atoms with Gasteiger partial charge in [-0.15, -0.1) is 0 Å². The summed E-state index contributed by atoms with van der Waals surface area (Å²) >= 11 is 0. The Morgan fingerprint density at radius 3 is 2.88 bits per heavy atom. The minimum absolute atomic E-state index is 0.414. The Hall–Kier alpha value is -1.75. The summed E-state index contributed by atoms with van der Waals surface area (Å²) in [5.74, 6) is 0.662. The van der Waals surface area contributed by atoms with E-state index in [1.54, 1.807) is 25.3 Å². The van der Waals surface area contributed by atoms with Gasteiger partial charge >= 0.3 is 6.09 Å². The number of rotatable bonds is 1. The quantitative estimate of drug-likeness (QED) is 0.807. The summed E-state index contributed by atoms with van der Waals surface area (Å²) in [6.07, 6.45) is -0.487. The fourth-order valence-corrected chi connectivity index (χ4v) is 2.00. The Balaban J connectivity index is 2.42. The van der Waals surface area contributed by atoms with E-state index in [1.165, 1.54) is 12.0 Å². The smallest absolute Gasteiger partial charge is 0.414 e. The van der Waals surface area contributed by atoms with Crippen LogP contribution < -0.4 is 9.64 Å². The van der Waals surface area contributed by atoms with E-state index in [0.717, 1.165) is 0 Å². The van der Waals surface area contributed by atoms with Gasteiger partial charge in [-0.3, -0.25) is 4.90 Å². The number of aliphatic hydroxyl groups excluding tert-OH is 1. The van der Waals surface area contributed by atoms with Crippen LogP contribution in [0, 0.1) is 0 Å². The molecule has 0 bridgehead atoms. The van der Waals surface area contributed by atoms with Crippen molar-refractivity contribution >= 4 is 11.8 Å². The van der Waals surface area contributed by atoms with E-state index in [4.69, 9.17) is 9.47 Å². The minimum Gasteiger partial charge on any atom is -0.497 e. The topological polar surface area (TPSA) is 59.0 Å². The number of hydrogen-bond acceptors (Lipinski definition) is 4. The molecule has 1 aromatic carbocycles. The third-order valence-electron chi connectivity index (χ3n) is 2.91. The van der Waals surface area contributed by atoms with Gasteiger partial charge in [0.05, 0.1) is 26.0 Å². The molecule has 1 aliphatic rings. The highest BCUT2D eigenvalue weighted by Gasteiger charge is 2.28. The number of fused-ring (bicyclic) bond motifs is 1. The molecule has 5 nitrogen and oxygen atoms in total. The normalized spacial score (nSPS) is 18.5. The van der Waals surface area contributed by atoms with Gasteiger partial charge in [0.2, 0.25) is 0 Å². The summed E-state index contributed by atoms with van der Waals surface area (Å²) in [4.78, 5) is 13.1. The average Bonchev–Trinajstić information content (AvgIpc) is 2.38. The van der Waals surface area contributed by atoms with Crippen molar-refractivity contribution in [3.05, 3.63) is 23.8 Å². The zero-order valence-corrected chi connectivity index (χ0v) is 9.84. The third kappa shape index (κ3) is 2.06. The Bertz CT molecular complexity index is 433. The molecule has 1 heterocycles. The zero-order valence-electron chi connectivity index (χ0n) is 9.84. The maximum Gasteiger partial charge on any atom is 0.414 e. The van der Waals surface area contributed by atoms with Crippen molar-refractivity contribution in [3.8, 4) is 5.75 Å². The van der Waals surface area contributed by atoms with Crippen molar-refractivity contribution in [2.75, 3.05) is 25.7 Å². The Kier molecular flexibility index (Phi) is 3.19. The summed E-state index contributed by atoms with van der Waals surface area (Å²) in [6, 6.07) is 5.26. The fourth-order valence-electron chi connectivity index (χ4n) is 2.00. The number of nitrogens with zero attached hydrogens (tertiary/aromatic N) is 1. The maximum atomic E-state index is 11.6. The lowest BCUT2D eigenvalue weighted by Gasteiger charge is -2.31. The van der Waals surface area contributed by atoms with Crippen molar-refractivity contribution in [1.82, 2.24) is 0 Å². The largest absolute Gasteiger partial charge is 0.497 e. The number of amides is 1. The molecule has 5 heteroatoms. The van der Waals surface area contributed by atoms with E-state index >= 15 is 0 Å². The van der Waals surface area contributed by atoms with E-state index in [-0.39, 0.29) is 0 Å². The first kappa shape index (κ1) is 11.7. The van der Waals surface area contributed by atoms with Gasteiger partial charge in [-0.05, 0) is 24.6 Å². The number of ether oxygens (including phenoxy) is 2. The van der Waals surface area contributed by atoms with E-state index in [0.29, 0.717) is 30.0 Å².